The van der Waals surface area contributed by atoms with Gasteiger partial charge in [0.2, 0.25) is 5.95 Å². The highest BCUT2D eigenvalue weighted by atomic mass is 17.2. The smallest absolute Gasteiger partial charge is 0.439 e. The second-order valence-corrected chi connectivity index (χ2v) is 9.00. The Morgan fingerprint density at radius 3 is 2.68 bits per heavy atom. The van der Waals surface area contributed by atoms with E-state index in [2.05, 4.69) is 30.0 Å². The van der Waals surface area contributed by atoms with Crippen LogP contribution in [0.5, 0.6) is 0 Å². The van der Waals surface area contributed by atoms with Gasteiger partial charge in [-0.05, 0) is 27.7 Å². The number of imidazole rings is 1. The van der Waals surface area contributed by atoms with Crippen LogP contribution in [0.4, 0.5) is 10.7 Å². The molecule has 0 saturated carbocycles. The molecule has 2 N–H and O–H groups in total. The van der Waals surface area contributed by atoms with Crippen LogP contribution in [0.1, 0.15) is 37.0 Å². The van der Waals surface area contributed by atoms with E-state index in [-0.39, 0.29) is 37.1 Å². The van der Waals surface area contributed by atoms with E-state index in [0.717, 1.165) is 7.11 Å². The van der Waals surface area contributed by atoms with Gasteiger partial charge in [0.05, 0.1) is 30.9 Å². The van der Waals surface area contributed by atoms with Crippen molar-refractivity contribution in [1.82, 2.24) is 19.8 Å². The maximum absolute atomic E-state index is 13.5. The average Bonchev–Trinajstić information content (AvgIpc) is 3.36. The summed E-state index contributed by atoms with van der Waals surface area (Å²) in [7, 11) is 2.97. The Balaban J connectivity index is 1.93. The van der Waals surface area contributed by atoms with Gasteiger partial charge in [-0.3, -0.25) is 29.3 Å². The molecule has 0 aromatic carbocycles. The SMILES string of the molecule is COOC(=O)NC(COC=O)C(Cc1c(C)nc2n1C(=O)C1N=CN(C(C)(C)C)C1N2C)OO. The topological polar surface area (TPSA) is 157 Å². The molecule has 1 aromatic heterocycles. The van der Waals surface area contributed by atoms with Crippen molar-refractivity contribution in [1.29, 1.82) is 0 Å². The molecule has 34 heavy (non-hydrogen) atoms. The van der Waals surface area contributed by atoms with Gasteiger partial charge < -0.3 is 19.9 Å². The Hall–Kier alpha value is -3.23. The molecule has 0 aliphatic carbocycles. The molecule has 4 atom stereocenters. The lowest BCUT2D eigenvalue weighted by atomic mass is 10.0. The molecule has 1 aromatic rings. The normalized spacial score (nSPS) is 21.1. The number of hydrogen-bond donors (Lipinski definition) is 2. The summed E-state index contributed by atoms with van der Waals surface area (Å²) < 4.78 is 6.19. The summed E-state index contributed by atoms with van der Waals surface area (Å²) in [5.41, 5.74) is 0.707. The van der Waals surface area contributed by atoms with Gasteiger partial charge in [0.15, 0.2) is 6.04 Å². The van der Waals surface area contributed by atoms with E-state index in [4.69, 9.17) is 4.74 Å². The van der Waals surface area contributed by atoms with E-state index in [1.165, 1.54) is 4.57 Å². The Morgan fingerprint density at radius 2 is 2.09 bits per heavy atom. The highest BCUT2D eigenvalue weighted by Gasteiger charge is 2.49. The number of likely N-dealkylation sites (N-methyl/N-ethyl adjacent to an activating group) is 1. The number of aryl methyl sites for hydroxylation is 1. The maximum Gasteiger partial charge on any atom is 0.439 e. The molecule has 14 heteroatoms. The summed E-state index contributed by atoms with van der Waals surface area (Å²) in [6.07, 6.45) is -0.825. The molecule has 0 fully saturated rings. The summed E-state index contributed by atoms with van der Waals surface area (Å²) in [6.45, 7) is 7.67. The predicted molar refractivity (Wildman–Crippen MR) is 117 cm³/mol. The van der Waals surface area contributed by atoms with Gasteiger partial charge in [0, 0.05) is 19.0 Å². The zero-order valence-electron chi connectivity index (χ0n) is 19.9. The standard InChI is InChI=1S/C20H30N6O8/c1-11-13(7-14(33-30)12(8-32-10-27)23-19(29)34-31-6)26-17(28)15-16(24(5)18(26)22-11)25(9-21-15)20(2,3)4/h9-10,12,14-16,30H,7-8H2,1-6H3,(H,23,29). The zero-order valence-corrected chi connectivity index (χ0v) is 19.9. The number of carbonyl (C=O) groups excluding carboxylic acids is 3. The Morgan fingerprint density at radius 1 is 1.38 bits per heavy atom. The lowest BCUT2D eigenvalue weighted by Crippen LogP contribution is -2.61. The third-order valence-electron chi connectivity index (χ3n) is 5.82. The largest absolute Gasteiger partial charge is 0.466 e. The number of amides is 1. The fourth-order valence-electron chi connectivity index (χ4n) is 4.19. The predicted octanol–water partition coefficient (Wildman–Crippen LogP) is 0.349. The molecule has 1 amide bonds. The quantitative estimate of drug-likeness (QED) is 0.284. The van der Waals surface area contributed by atoms with Crippen LogP contribution in [-0.2, 0) is 30.6 Å². The number of nitrogens with one attached hydrogen (secondary N) is 1. The molecule has 2 aliphatic rings. The van der Waals surface area contributed by atoms with Crippen LogP contribution >= 0.6 is 0 Å². The minimum Gasteiger partial charge on any atom is -0.466 e. The summed E-state index contributed by atoms with van der Waals surface area (Å²) in [5, 5.41) is 12.0. The first-order valence-electron chi connectivity index (χ1n) is 10.6. The fourth-order valence-corrected chi connectivity index (χ4v) is 4.19. The molecule has 14 nitrogen and oxygen atoms in total. The first kappa shape index (κ1) is 25.4. The van der Waals surface area contributed by atoms with E-state index >= 15 is 0 Å². The number of rotatable bonds is 9. The Labute approximate surface area is 196 Å². The van der Waals surface area contributed by atoms with Crippen LogP contribution in [0, 0.1) is 6.92 Å². The summed E-state index contributed by atoms with van der Waals surface area (Å²) >= 11 is 0. The van der Waals surface area contributed by atoms with Crippen molar-refractivity contribution < 1.29 is 39.0 Å². The highest BCUT2D eigenvalue weighted by Crippen LogP contribution is 2.35. The third kappa shape index (κ3) is 4.69. The molecule has 4 unspecified atom stereocenters. The lowest BCUT2D eigenvalue weighted by molar-refractivity contribution is -0.286. The molecule has 0 bridgehead atoms. The summed E-state index contributed by atoms with van der Waals surface area (Å²) in [5.74, 6) is 0.142. The van der Waals surface area contributed by atoms with Crippen LogP contribution in [0.15, 0.2) is 4.99 Å². The van der Waals surface area contributed by atoms with Crippen molar-refractivity contribution in [2.24, 2.45) is 4.99 Å². The zero-order chi connectivity index (χ0) is 25.2. The van der Waals surface area contributed by atoms with E-state index in [0.29, 0.717) is 17.3 Å². The van der Waals surface area contributed by atoms with Crippen LogP contribution in [0.25, 0.3) is 0 Å². The number of ether oxygens (including phenoxy) is 1. The molecule has 188 valence electrons. The number of carbonyl (C=O) groups is 3. The van der Waals surface area contributed by atoms with E-state index in [1.54, 1.807) is 13.3 Å². The Bertz CT molecular complexity index is 958. The number of fused-ring (bicyclic) bond motifs is 2. The van der Waals surface area contributed by atoms with Gasteiger partial charge in [-0.25, -0.2) is 14.7 Å². The number of hydrogen-bond acceptors (Lipinski definition) is 12. The monoisotopic (exact) mass is 482 g/mol. The number of aromatic nitrogens is 2. The third-order valence-corrected chi connectivity index (χ3v) is 5.82. The van der Waals surface area contributed by atoms with Crippen LogP contribution in [0.3, 0.4) is 0 Å². The van der Waals surface area contributed by atoms with Gasteiger partial charge in [0.1, 0.15) is 18.9 Å². The van der Waals surface area contributed by atoms with Crippen molar-refractivity contribution in [2.45, 2.75) is 64.0 Å². The minimum absolute atomic E-state index is 0.0564. The minimum atomic E-state index is -1.13. The second-order valence-electron chi connectivity index (χ2n) is 9.00. The van der Waals surface area contributed by atoms with Gasteiger partial charge in [0.25, 0.3) is 12.4 Å². The second kappa shape index (κ2) is 9.95. The van der Waals surface area contributed by atoms with Gasteiger partial charge >= 0.3 is 6.09 Å². The summed E-state index contributed by atoms with van der Waals surface area (Å²) in [4.78, 5) is 62.3. The van der Waals surface area contributed by atoms with Crippen LogP contribution < -0.4 is 10.2 Å². The van der Waals surface area contributed by atoms with E-state index in [1.807, 2.05) is 37.6 Å². The summed E-state index contributed by atoms with van der Waals surface area (Å²) in [6, 6.07) is -1.71. The van der Waals surface area contributed by atoms with Gasteiger partial charge in [-0.1, -0.05) is 0 Å². The highest BCUT2D eigenvalue weighted by molar-refractivity contribution is 5.93. The number of anilines is 1. The van der Waals surface area contributed by atoms with E-state index in [9.17, 15) is 19.6 Å². The molecule has 3 heterocycles. The molecule has 0 spiro atoms. The molecular weight excluding hydrogens is 452 g/mol. The maximum atomic E-state index is 13.5. The molecule has 2 aliphatic heterocycles. The molecular formula is C20H30N6O8. The van der Waals surface area contributed by atoms with Crippen molar-refractivity contribution in [2.75, 3.05) is 25.7 Å². The lowest BCUT2D eigenvalue weighted by Gasteiger charge is -2.44. The van der Waals surface area contributed by atoms with Crippen LogP contribution in [-0.4, -0.2) is 95.2 Å². The molecule has 0 radical (unpaired) electrons. The Kier molecular flexibility index (Phi) is 7.43. The fraction of sp³-hybridized carbons (Fsp3) is 0.650. The first-order chi connectivity index (χ1) is 16.0. The van der Waals surface area contributed by atoms with Crippen molar-refractivity contribution >= 4 is 30.8 Å². The van der Waals surface area contributed by atoms with Gasteiger partial charge in [-0.2, -0.15) is 4.89 Å². The van der Waals surface area contributed by atoms with Crippen molar-refractivity contribution in [3.8, 4) is 0 Å². The first-order valence-corrected chi connectivity index (χ1v) is 10.6. The van der Waals surface area contributed by atoms with Crippen LogP contribution in [0.2, 0.25) is 0 Å². The van der Waals surface area contributed by atoms with Crippen molar-refractivity contribution in [3.05, 3.63) is 11.4 Å². The van der Waals surface area contributed by atoms with E-state index < -0.39 is 24.3 Å². The molecule has 3 rings (SSSR count). The number of nitrogens with zero attached hydrogens (tertiary/aromatic N) is 5. The van der Waals surface area contributed by atoms with Gasteiger partial charge in [-0.15, -0.1) is 0 Å². The molecule has 0 saturated heterocycles. The average molecular weight is 482 g/mol. The number of aliphatic imine (C=N–C) groups is 1. The van der Waals surface area contributed by atoms with Crippen molar-refractivity contribution in [3.63, 3.8) is 0 Å².